The van der Waals surface area contributed by atoms with Crippen molar-refractivity contribution in [3.63, 3.8) is 0 Å². The molecule has 0 amide bonds. The maximum atomic E-state index is 11.5. The molecule has 84 valence electrons. The number of unbranched alkanes of at least 4 members (excludes halogenated alkanes) is 1. The minimum Gasteiger partial charge on any atom is -0.465 e. The maximum absolute atomic E-state index is 11.5. The third-order valence-corrected chi connectivity index (χ3v) is 3.56. The fourth-order valence-electron chi connectivity index (χ4n) is 0.696. The monoisotopic (exact) mass is 220 g/mol. The number of hydrogen-bond donors (Lipinski definition) is 0. The third-order valence-electron chi connectivity index (χ3n) is 1.69. The van der Waals surface area contributed by atoms with Gasteiger partial charge in [0.1, 0.15) is 5.75 Å². The first-order valence-corrected chi connectivity index (χ1v) is 6.24. The normalized spacial score (nSPS) is 13.7. The summed E-state index contributed by atoms with van der Waals surface area (Å²) in [4.78, 5) is 11.2. The Kier molecular flexibility index (Phi) is 6.00. The Balaban J connectivity index is 3.78. The summed E-state index contributed by atoms with van der Waals surface area (Å²) in [6.07, 6.45) is 1.86. The van der Waals surface area contributed by atoms with Gasteiger partial charge < -0.3 is 4.74 Å². The SMILES string of the molecule is CCCCOC(=O)CS(=O)C(C)(C)C. The van der Waals surface area contributed by atoms with Crippen LogP contribution in [-0.4, -0.2) is 27.3 Å². The van der Waals surface area contributed by atoms with Crippen LogP contribution in [0.1, 0.15) is 40.5 Å². The van der Waals surface area contributed by atoms with Crippen LogP contribution >= 0.6 is 0 Å². The van der Waals surface area contributed by atoms with Crippen molar-refractivity contribution in [3.05, 3.63) is 0 Å². The zero-order chi connectivity index (χ0) is 11.2. The van der Waals surface area contributed by atoms with E-state index in [1.807, 2.05) is 27.7 Å². The van der Waals surface area contributed by atoms with Crippen molar-refractivity contribution >= 4 is 16.8 Å². The molecule has 14 heavy (non-hydrogen) atoms. The summed E-state index contributed by atoms with van der Waals surface area (Å²) in [5.41, 5.74) is 0. The Morgan fingerprint density at radius 1 is 1.36 bits per heavy atom. The van der Waals surface area contributed by atoms with E-state index in [1.165, 1.54) is 0 Å². The van der Waals surface area contributed by atoms with Crippen LogP contribution in [0.25, 0.3) is 0 Å². The molecule has 0 radical (unpaired) electrons. The zero-order valence-electron chi connectivity index (χ0n) is 9.46. The smallest absolute Gasteiger partial charge is 0.318 e. The number of carbonyl (C=O) groups excluding carboxylic acids is 1. The second-order valence-corrected chi connectivity index (χ2v) is 6.38. The lowest BCUT2D eigenvalue weighted by molar-refractivity contribution is -0.140. The van der Waals surface area contributed by atoms with Crippen LogP contribution in [0.3, 0.4) is 0 Å². The van der Waals surface area contributed by atoms with Gasteiger partial charge in [-0.05, 0) is 27.2 Å². The Labute approximate surface area is 88.7 Å². The van der Waals surface area contributed by atoms with Gasteiger partial charge >= 0.3 is 5.97 Å². The minimum absolute atomic E-state index is 0.00716. The van der Waals surface area contributed by atoms with Crippen LogP contribution in [0.4, 0.5) is 0 Å². The summed E-state index contributed by atoms with van der Waals surface area (Å²) in [7, 11) is -1.15. The average molecular weight is 220 g/mol. The Hall–Kier alpha value is -0.380. The van der Waals surface area contributed by atoms with E-state index in [1.54, 1.807) is 0 Å². The van der Waals surface area contributed by atoms with Crippen molar-refractivity contribution < 1.29 is 13.7 Å². The average Bonchev–Trinajstić information content (AvgIpc) is 2.03. The van der Waals surface area contributed by atoms with Crippen LogP contribution < -0.4 is 0 Å². The van der Waals surface area contributed by atoms with Crippen LogP contribution in [0.5, 0.6) is 0 Å². The van der Waals surface area contributed by atoms with E-state index < -0.39 is 10.8 Å². The first-order valence-electron chi connectivity index (χ1n) is 4.92. The summed E-state index contributed by atoms with van der Waals surface area (Å²) in [6.45, 7) is 8.02. The van der Waals surface area contributed by atoms with E-state index in [2.05, 4.69) is 0 Å². The quantitative estimate of drug-likeness (QED) is 0.525. The van der Waals surface area contributed by atoms with Gasteiger partial charge in [-0.3, -0.25) is 9.00 Å². The van der Waals surface area contributed by atoms with Gasteiger partial charge in [0.2, 0.25) is 0 Å². The van der Waals surface area contributed by atoms with Gasteiger partial charge in [0.05, 0.1) is 6.61 Å². The molecule has 0 fully saturated rings. The van der Waals surface area contributed by atoms with Crippen LogP contribution in [-0.2, 0) is 20.3 Å². The first-order chi connectivity index (χ1) is 6.38. The van der Waals surface area contributed by atoms with Crippen molar-refractivity contribution in [2.45, 2.75) is 45.3 Å². The zero-order valence-corrected chi connectivity index (χ0v) is 10.3. The summed E-state index contributed by atoms with van der Waals surface area (Å²) in [6, 6.07) is 0. The molecule has 1 unspecified atom stereocenters. The number of ether oxygens (including phenoxy) is 1. The molecule has 0 rings (SSSR count). The molecule has 4 heteroatoms. The predicted molar refractivity (Wildman–Crippen MR) is 58.6 cm³/mol. The van der Waals surface area contributed by atoms with E-state index in [0.29, 0.717) is 6.61 Å². The van der Waals surface area contributed by atoms with Crippen LogP contribution in [0.2, 0.25) is 0 Å². The number of hydrogen-bond acceptors (Lipinski definition) is 3. The van der Waals surface area contributed by atoms with Gasteiger partial charge in [0.15, 0.2) is 0 Å². The van der Waals surface area contributed by atoms with Crippen LogP contribution in [0.15, 0.2) is 0 Å². The molecule has 3 nitrogen and oxygen atoms in total. The highest BCUT2D eigenvalue weighted by Crippen LogP contribution is 2.11. The Morgan fingerprint density at radius 3 is 2.36 bits per heavy atom. The third kappa shape index (κ3) is 6.13. The van der Waals surface area contributed by atoms with Crippen molar-refractivity contribution in [2.75, 3.05) is 12.4 Å². The van der Waals surface area contributed by atoms with Gasteiger partial charge in [0, 0.05) is 15.5 Å². The van der Waals surface area contributed by atoms with Gasteiger partial charge in [-0.25, -0.2) is 0 Å². The highest BCUT2D eigenvalue weighted by Gasteiger charge is 2.22. The lowest BCUT2D eigenvalue weighted by Crippen LogP contribution is -2.28. The molecule has 0 aromatic heterocycles. The molecule has 0 aliphatic rings. The summed E-state index contributed by atoms with van der Waals surface area (Å²) < 4.78 is 16.1. The number of esters is 1. The van der Waals surface area contributed by atoms with E-state index in [-0.39, 0.29) is 16.5 Å². The molecule has 0 saturated heterocycles. The molecule has 0 spiro atoms. The molecule has 0 heterocycles. The fraction of sp³-hybridized carbons (Fsp3) is 0.900. The molecule has 0 aliphatic carbocycles. The summed E-state index contributed by atoms with van der Waals surface area (Å²) >= 11 is 0. The van der Waals surface area contributed by atoms with Crippen molar-refractivity contribution in [1.29, 1.82) is 0 Å². The van der Waals surface area contributed by atoms with E-state index in [9.17, 15) is 9.00 Å². The second kappa shape index (κ2) is 6.17. The summed E-state index contributed by atoms with van der Waals surface area (Å²) in [5, 5.41) is 0. The van der Waals surface area contributed by atoms with E-state index >= 15 is 0 Å². The molecule has 0 bridgehead atoms. The highest BCUT2D eigenvalue weighted by molar-refractivity contribution is 7.87. The number of rotatable bonds is 5. The largest absolute Gasteiger partial charge is 0.465 e. The van der Waals surface area contributed by atoms with Crippen LogP contribution in [0, 0.1) is 0 Å². The summed E-state index contributed by atoms with van der Waals surface area (Å²) in [5.74, 6) is -0.348. The first kappa shape index (κ1) is 13.6. The topological polar surface area (TPSA) is 43.4 Å². The fourth-order valence-corrected chi connectivity index (χ4v) is 1.43. The molecule has 0 aromatic carbocycles. The standard InChI is InChI=1S/C10H20O3S/c1-5-6-7-13-9(11)8-14(12)10(2,3)4/h5-8H2,1-4H3. The lowest BCUT2D eigenvalue weighted by Gasteiger charge is -2.16. The molecular formula is C10H20O3S. The molecular weight excluding hydrogens is 200 g/mol. The number of carbonyl (C=O) groups is 1. The minimum atomic E-state index is -1.15. The van der Waals surface area contributed by atoms with Gasteiger partial charge in [-0.2, -0.15) is 0 Å². The van der Waals surface area contributed by atoms with Crippen molar-refractivity contribution in [2.24, 2.45) is 0 Å². The van der Waals surface area contributed by atoms with Gasteiger partial charge in [-0.1, -0.05) is 13.3 Å². The van der Waals surface area contributed by atoms with Crippen molar-refractivity contribution in [3.8, 4) is 0 Å². The molecule has 1 atom stereocenters. The molecule has 0 saturated carbocycles. The second-order valence-electron chi connectivity index (χ2n) is 4.18. The van der Waals surface area contributed by atoms with Gasteiger partial charge in [-0.15, -0.1) is 0 Å². The molecule has 0 N–H and O–H groups in total. The predicted octanol–water partition coefficient (Wildman–Crippen LogP) is 1.88. The van der Waals surface area contributed by atoms with E-state index in [4.69, 9.17) is 4.74 Å². The molecule has 0 aromatic rings. The maximum Gasteiger partial charge on any atom is 0.318 e. The van der Waals surface area contributed by atoms with Gasteiger partial charge in [0.25, 0.3) is 0 Å². The van der Waals surface area contributed by atoms with E-state index in [0.717, 1.165) is 12.8 Å². The Morgan fingerprint density at radius 2 is 1.93 bits per heavy atom. The molecule has 0 aliphatic heterocycles. The highest BCUT2D eigenvalue weighted by atomic mass is 32.2. The Bertz CT molecular complexity index is 206. The van der Waals surface area contributed by atoms with Crippen molar-refractivity contribution in [1.82, 2.24) is 0 Å². The lowest BCUT2D eigenvalue weighted by atomic mass is 10.3.